The maximum Gasteiger partial charge on any atom is 0.340 e. The number of benzene rings is 1. The lowest BCUT2D eigenvalue weighted by atomic mass is 10.1. The van der Waals surface area contributed by atoms with Crippen molar-refractivity contribution in [3.05, 3.63) is 17.7 Å². The summed E-state index contributed by atoms with van der Waals surface area (Å²) in [4.78, 5) is 22.4. The van der Waals surface area contributed by atoms with E-state index in [2.05, 4.69) is 10.1 Å². The monoisotopic (exact) mass is 254 g/mol. The van der Waals surface area contributed by atoms with Crippen molar-refractivity contribution in [2.24, 2.45) is 5.73 Å². The number of methoxy groups -OCH3 is 3. The minimum atomic E-state index is -0.799. The average molecular weight is 254 g/mol. The van der Waals surface area contributed by atoms with Gasteiger partial charge in [0.25, 0.3) is 0 Å². The first-order valence-electron chi connectivity index (χ1n) is 4.94. The van der Waals surface area contributed by atoms with E-state index in [4.69, 9.17) is 15.2 Å². The summed E-state index contributed by atoms with van der Waals surface area (Å²) in [6.45, 7) is 0. The summed E-state index contributed by atoms with van der Waals surface area (Å²) in [6, 6.07) is 2.03. The quantitative estimate of drug-likeness (QED) is 0.780. The molecular formula is C11H14N2O5. The molecule has 0 aliphatic heterocycles. The third-order valence-electron chi connectivity index (χ3n) is 2.19. The zero-order valence-electron chi connectivity index (χ0n) is 10.3. The van der Waals surface area contributed by atoms with Gasteiger partial charge < -0.3 is 25.3 Å². The van der Waals surface area contributed by atoms with Crippen molar-refractivity contribution >= 4 is 17.7 Å². The first-order chi connectivity index (χ1) is 8.53. The normalized spacial score (nSPS) is 9.50. The number of carbonyl (C=O) groups excluding carboxylic acids is 2. The van der Waals surface area contributed by atoms with Gasteiger partial charge in [0.2, 0.25) is 0 Å². The Bertz CT molecular complexity index is 473. The molecule has 0 atom stereocenters. The molecule has 3 N–H and O–H groups in total. The molecule has 0 aliphatic rings. The smallest absolute Gasteiger partial charge is 0.340 e. The van der Waals surface area contributed by atoms with Gasteiger partial charge >= 0.3 is 12.0 Å². The molecule has 0 fully saturated rings. The van der Waals surface area contributed by atoms with E-state index >= 15 is 0 Å². The van der Waals surface area contributed by atoms with E-state index in [1.807, 2.05) is 0 Å². The maximum atomic E-state index is 11.6. The molecule has 1 rings (SSSR count). The summed E-state index contributed by atoms with van der Waals surface area (Å²) in [5.41, 5.74) is 5.33. The van der Waals surface area contributed by atoms with E-state index in [0.29, 0.717) is 11.5 Å². The van der Waals surface area contributed by atoms with Crippen molar-refractivity contribution in [3.8, 4) is 11.5 Å². The number of hydrogen-bond acceptors (Lipinski definition) is 5. The standard InChI is InChI=1S/C11H14N2O5/c1-16-8-4-6(10(14)18-3)7(13-11(12)15)5-9(8)17-2/h4-5H,1-3H3,(H3,12,13,15). The molecular weight excluding hydrogens is 240 g/mol. The van der Waals surface area contributed by atoms with Crippen LogP contribution in [0, 0.1) is 0 Å². The zero-order chi connectivity index (χ0) is 13.7. The molecule has 7 nitrogen and oxygen atoms in total. The van der Waals surface area contributed by atoms with Gasteiger partial charge in [0.1, 0.15) is 0 Å². The van der Waals surface area contributed by atoms with Crippen LogP contribution in [-0.4, -0.2) is 33.3 Å². The highest BCUT2D eigenvalue weighted by Crippen LogP contribution is 2.33. The molecule has 0 saturated heterocycles. The van der Waals surface area contributed by atoms with Crippen LogP contribution in [0.4, 0.5) is 10.5 Å². The van der Waals surface area contributed by atoms with E-state index in [1.54, 1.807) is 0 Å². The van der Waals surface area contributed by atoms with Crippen molar-refractivity contribution in [2.75, 3.05) is 26.6 Å². The van der Waals surface area contributed by atoms with Crippen LogP contribution in [0.2, 0.25) is 0 Å². The third-order valence-corrected chi connectivity index (χ3v) is 2.19. The molecule has 7 heteroatoms. The topological polar surface area (TPSA) is 99.9 Å². The maximum absolute atomic E-state index is 11.6. The van der Waals surface area contributed by atoms with Crippen molar-refractivity contribution in [1.82, 2.24) is 0 Å². The molecule has 0 radical (unpaired) electrons. The van der Waals surface area contributed by atoms with E-state index in [0.717, 1.165) is 0 Å². The Morgan fingerprint density at radius 1 is 1.11 bits per heavy atom. The number of primary amides is 1. The Kier molecular flexibility index (Phi) is 4.36. The summed E-state index contributed by atoms with van der Waals surface area (Å²) >= 11 is 0. The fraction of sp³-hybridized carbons (Fsp3) is 0.273. The number of nitrogens with one attached hydrogen (secondary N) is 1. The molecule has 0 heterocycles. The molecule has 2 amide bonds. The summed E-state index contributed by atoms with van der Waals surface area (Å²) in [5.74, 6) is 0.0709. The van der Waals surface area contributed by atoms with Crippen LogP contribution < -0.4 is 20.5 Å². The van der Waals surface area contributed by atoms with Crippen LogP contribution in [-0.2, 0) is 4.74 Å². The molecule has 0 aliphatic carbocycles. The van der Waals surface area contributed by atoms with Gasteiger partial charge in [-0.25, -0.2) is 9.59 Å². The predicted molar refractivity (Wildman–Crippen MR) is 64.1 cm³/mol. The number of rotatable bonds is 4. The Morgan fingerprint density at radius 2 is 1.67 bits per heavy atom. The van der Waals surface area contributed by atoms with Gasteiger partial charge in [-0.1, -0.05) is 0 Å². The molecule has 0 unspecified atom stereocenters. The van der Waals surface area contributed by atoms with Crippen LogP contribution in [0.25, 0.3) is 0 Å². The second-order valence-corrected chi connectivity index (χ2v) is 3.23. The lowest BCUT2D eigenvalue weighted by Crippen LogP contribution is -2.21. The number of carbonyl (C=O) groups is 2. The van der Waals surface area contributed by atoms with E-state index in [-0.39, 0.29) is 11.3 Å². The van der Waals surface area contributed by atoms with Gasteiger partial charge in [-0.15, -0.1) is 0 Å². The fourth-order valence-electron chi connectivity index (χ4n) is 1.39. The first kappa shape index (κ1) is 13.6. The largest absolute Gasteiger partial charge is 0.493 e. The molecule has 0 bridgehead atoms. The number of anilines is 1. The SMILES string of the molecule is COC(=O)c1cc(OC)c(OC)cc1NC(N)=O. The van der Waals surface area contributed by atoms with Crippen molar-refractivity contribution in [2.45, 2.75) is 0 Å². The third kappa shape index (κ3) is 2.82. The van der Waals surface area contributed by atoms with Crippen LogP contribution in [0.5, 0.6) is 11.5 Å². The van der Waals surface area contributed by atoms with Gasteiger partial charge in [-0.3, -0.25) is 0 Å². The Hall–Kier alpha value is -2.44. The minimum Gasteiger partial charge on any atom is -0.493 e. The van der Waals surface area contributed by atoms with Gasteiger partial charge in [0.05, 0.1) is 32.6 Å². The van der Waals surface area contributed by atoms with E-state index in [9.17, 15) is 9.59 Å². The number of esters is 1. The number of ether oxygens (including phenoxy) is 3. The highest BCUT2D eigenvalue weighted by atomic mass is 16.5. The Labute approximate surface area is 104 Å². The molecule has 0 spiro atoms. The Balaban J connectivity index is 3.35. The van der Waals surface area contributed by atoms with Gasteiger partial charge in [-0.2, -0.15) is 0 Å². The highest BCUT2D eigenvalue weighted by molar-refractivity contribution is 6.01. The van der Waals surface area contributed by atoms with Gasteiger partial charge in [0, 0.05) is 12.1 Å². The lowest BCUT2D eigenvalue weighted by molar-refractivity contribution is 0.0601. The molecule has 18 heavy (non-hydrogen) atoms. The van der Waals surface area contributed by atoms with Crippen molar-refractivity contribution < 1.29 is 23.8 Å². The van der Waals surface area contributed by atoms with Crippen molar-refractivity contribution in [3.63, 3.8) is 0 Å². The molecule has 0 aromatic heterocycles. The fourth-order valence-corrected chi connectivity index (χ4v) is 1.39. The molecule has 1 aromatic carbocycles. The van der Waals surface area contributed by atoms with Crippen LogP contribution in [0.3, 0.4) is 0 Å². The summed E-state index contributed by atoms with van der Waals surface area (Å²) in [6.07, 6.45) is 0. The predicted octanol–water partition coefficient (Wildman–Crippen LogP) is 0.981. The number of amides is 2. The summed E-state index contributed by atoms with van der Waals surface area (Å²) < 4.78 is 14.7. The van der Waals surface area contributed by atoms with Crippen LogP contribution in [0.1, 0.15) is 10.4 Å². The molecule has 98 valence electrons. The van der Waals surface area contributed by atoms with Gasteiger partial charge in [-0.05, 0) is 0 Å². The first-order valence-corrected chi connectivity index (χ1v) is 4.94. The van der Waals surface area contributed by atoms with Gasteiger partial charge in [0.15, 0.2) is 11.5 Å². The molecule has 0 saturated carbocycles. The highest BCUT2D eigenvalue weighted by Gasteiger charge is 2.18. The van der Waals surface area contributed by atoms with E-state index in [1.165, 1.54) is 33.5 Å². The Morgan fingerprint density at radius 3 is 2.11 bits per heavy atom. The number of hydrogen-bond donors (Lipinski definition) is 2. The zero-order valence-corrected chi connectivity index (χ0v) is 10.3. The summed E-state index contributed by atoms with van der Waals surface area (Å²) in [5, 5.41) is 2.32. The number of nitrogens with two attached hydrogens (primary N) is 1. The molecule has 1 aromatic rings. The van der Waals surface area contributed by atoms with Crippen molar-refractivity contribution in [1.29, 1.82) is 0 Å². The lowest BCUT2D eigenvalue weighted by Gasteiger charge is -2.13. The minimum absolute atomic E-state index is 0.119. The second-order valence-electron chi connectivity index (χ2n) is 3.23. The van der Waals surface area contributed by atoms with Crippen LogP contribution >= 0.6 is 0 Å². The average Bonchev–Trinajstić information content (AvgIpc) is 2.36. The summed E-state index contributed by atoms with van der Waals surface area (Å²) in [7, 11) is 4.09. The van der Waals surface area contributed by atoms with Crippen LogP contribution in [0.15, 0.2) is 12.1 Å². The second kappa shape index (κ2) is 5.76. The number of urea groups is 1. The van der Waals surface area contributed by atoms with E-state index < -0.39 is 12.0 Å².